The first-order valence-corrected chi connectivity index (χ1v) is 4.16. The second-order valence-corrected chi connectivity index (χ2v) is 4.40. The topological polar surface area (TPSA) is 16.8 Å². The van der Waals surface area contributed by atoms with Gasteiger partial charge in [0.05, 0.1) is 5.38 Å². The average Bonchev–Trinajstić information content (AvgIpc) is 2.11. The molecule has 0 radical (unpaired) electrons. The van der Waals surface area contributed by atoms with Crippen LogP contribution in [0.3, 0.4) is 0 Å². The smallest absolute Gasteiger partial charge is 0.0543 e. The van der Waals surface area contributed by atoms with Crippen LogP contribution in [-0.4, -0.2) is 5.10 Å². The van der Waals surface area contributed by atoms with Gasteiger partial charge in [-0.15, -0.1) is 0 Å². The van der Waals surface area contributed by atoms with Crippen molar-refractivity contribution in [3.8, 4) is 0 Å². The van der Waals surface area contributed by atoms with Gasteiger partial charge in [-0.25, -0.2) is 0 Å². The van der Waals surface area contributed by atoms with E-state index in [9.17, 15) is 0 Å². The number of nitrogens with zero attached hydrogens (tertiary/aromatic N) is 2. The van der Waals surface area contributed by atoms with Gasteiger partial charge in [-0.3, -0.25) is 0 Å². The zero-order valence-electron chi connectivity index (χ0n) is 6.88. The molecule has 1 heterocycles. The molecule has 1 aromatic heterocycles. The van der Waals surface area contributed by atoms with Gasteiger partial charge < -0.3 is 0 Å². The summed E-state index contributed by atoms with van der Waals surface area (Å²) in [7, 11) is 1.96. The molecule has 0 unspecified atom stereocenters. The average molecular weight is 157 g/mol. The Morgan fingerprint density at radius 2 is 2.10 bits per heavy atom. The van der Waals surface area contributed by atoms with Crippen LogP contribution in [0.1, 0.15) is 26.5 Å². The monoisotopic (exact) mass is 157 g/mol. The first kappa shape index (κ1) is 7.66. The van der Waals surface area contributed by atoms with E-state index in [0.29, 0.717) is 0 Å². The molecule has 0 amide bonds. The zero-order chi connectivity index (χ0) is 7.78. The van der Waals surface area contributed by atoms with Crippen LogP contribution in [-0.2, 0) is 12.5 Å². The molecule has 0 spiro atoms. The van der Waals surface area contributed by atoms with Crippen LogP contribution >= 0.6 is 11.5 Å². The van der Waals surface area contributed by atoms with Crippen LogP contribution in [0.15, 0.2) is 5.38 Å². The molecule has 0 saturated carbocycles. The molecule has 0 N–H and O–H groups in total. The van der Waals surface area contributed by atoms with Crippen molar-refractivity contribution >= 4 is 11.5 Å². The molecule has 0 aromatic carbocycles. The van der Waals surface area contributed by atoms with Gasteiger partial charge in [-0.1, -0.05) is 20.8 Å². The fourth-order valence-corrected chi connectivity index (χ4v) is 1.44. The Bertz CT molecular complexity index is 222. The fraction of sp³-hybridized carbons (Fsp3) is 0.714. The molecular weight excluding hydrogens is 144 g/mol. The summed E-state index contributed by atoms with van der Waals surface area (Å²) in [5, 5.41) is 6.41. The van der Waals surface area contributed by atoms with Gasteiger partial charge >= 0.3 is 0 Å². The van der Waals surface area contributed by atoms with Crippen LogP contribution < -0.4 is 4.07 Å². The molecule has 0 saturated heterocycles. The Morgan fingerprint density at radius 3 is 2.30 bits per heavy atom. The first-order valence-electron chi connectivity index (χ1n) is 3.33. The van der Waals surface area contributed by atoms with Gasteiger partial charge in [-0.05, 0) is 4.07 Å². The standard InChI is InChI=1S/C7H13N2S/c1-7(2,3)6-5-10-9(4)8-6/h5H,1-4H3/q+1. The third-order valence-corrected chi connectivity index (χ3v) is 2.05. The van der Waals surface area contributed by atoms with Crippen molar-refractivity contribution in [2.75, 3.05) is 0 Å². The third-order valence-electron chi connectivity index (χ3n) is 1.33. The molecule has 10 heavy (non-hydrogen) atoms. The Morgan fingerprint density at radius 1 is 1.50 bits per heavy atom. The third kappa shape index (κ3) is 1.53. The molecule has 0 aliphatic rings. The van der Waals surface area contributed by atoms with Gasteiger partial charge in [0, 0.05) is 10.5 Å². The molecule has 1 aromatic rings. The minimum Gasteiger partial charge on any atom is -0.0543 e. The van der Waals surface area contributed by atoms with Crippen molar-refractivity contribution in [1.29, 1.82) is 0 Å². The van der Waals surface area contributed by atoms with Crippen LogP contribution in [0.4, 0.5) is 0 Å². The van der Waals surface area contributed by atoms with Gasteiger partial charge in [0.15, 0.2) is 18.6 Å². The summed E-state index contributed by atoms with van der Waals surface area (Å²) < 4.78 is 1.88. The lowest BCUT2D eigenvalue weighted by atomic mass is 9.94. The second-order valence-electron chi connectivity index (χ2n) is 3.42. The van der Waals surface area contributed by atoms with E-state index in [-0.39, 0.29) is 5.41 Å². The number of aryl methyl sites for hydroxylation is 1. The van der Waals surface area contributed by atoms with Crippen LogP contribution in [0.2, 0.25) is 0 Å². The lowest BCUT2D eigenvalue weighted by molar-refractivity contribution is -0.664. The minimum absolute atomic E-state index is 0.192. The highest BCUT2D eigenvalue weighted by atomic mass is 32.1. The van der Waals surface area contributed by atoms with Crippen LogP contribution in [0.5, 0.6) is 0 Å². The van der Waals surface area contributed by atoms with E-state index >= 15 is 0 Å². The van der Waals surface area contributed by atoms with Gasteiger partial charge in [0.2, 0.25) is 0 Å². The summed E-state index contributed by atoms with van der Waals surface area (Å²) in [6, 6.07) is 0. The van der Waals surface area contributed by atoms with Gasteiger partial charge in [0.25, 0.3) is 0 Å². The van der Waals surface area contributed by atoms with E-state index in [1.165, 1.54) is 5.69 Å². The summed E-state index contributed by atoms with van der Waals surface area (Å²) in [5.41, 5.74) is 1.36. The van der Waals surface area contributed by atoms with E-state index in [4.69, 9.17) is 0 Å². The number of aromatic nitrogens is 2. The molecule has 3 heteroatoms. The zero-order valence-corrected chi connectivity index (χ0v) is 7.70. The number of rotatable bonds is 0. The van der Waals surface area contributed by atoms with E-state index < -0.39 is 0 Å². The van der Waals surface area contributed by atoms with Crippen molar-refractivity contribution in [3.05, 3.63) is 11.1 Å². The van der Waals surface area contributed by atoms with Crippen molar-refractivity contribution in [2.24, 2.45) is 7.05 Å². The molecule has 0 bridgehead atoms. The Hall–Kier alpha value is -0.440. The maximum atomic E-state index is 4.32. The van der Waals surface area contributed by atoms with Crippen molar-refractivity contribution < 1.29 is 4.07 Å². The predicted molar refractivity (Wildman–Crippen MR) is 42.0 cm³/mol. The summed E-state index contributed by atoms with van der Waals surface area (Å²) in [6.45, 7) is 6.51. The summed E-state index contributed by atoms with van der Waals surface area (Å²) >= 11 is 1.64. The normalized spacial score (nSPS) is 12.0. The maximum Gasteiger partial charge on any atom is 0.180 e. The fourth-order valence-electron chi connectivity index (χ4n) is 0.652. The molecule has 0 aliphatic carbocycles. The molecule has 1 rings (SSSR count). The van der Waals surface area contributed by atoms with Crippen molar-refractivity contribution in [1.82, 2.24) is 5.10 Å². The SMILES string of the molecule is C[n+]1nc(C(C)(C)C)cs1. The lowest BCUT2D eigenvalue weighted by Crippen LogP contribution is -2.28. The maximum absolute atomic E-state index is 4.32. The highest BCUT2D eigenvalue weighted by molar-refractivity contribution is 6.99. The molecule has 2 nitrogen and oxygen atoms in total. The quantitative estimate of drug-likeness (QED) is 0.518. The van der Waals surface area contributed by atoms with Crippen molar-refractivity contribution in [3.63, 3.8) is 0 Å². The van der Waals surface area contributed by atoms with Gasteiger partial charge in [0.1, 0.15) is 5.69 Å². The van der Waals surface area contributed by atoms with E-state index in [1.54, 1.807) is 11.5 Å². The minimum atomic E-state index is 0.192. The van der Waals surface area contributed by atoms with E-state index in [1.807, 2.05) is 11.1 Å². The second kappa shape index (κ2) is 2.31. The van der Waals surface area contributed by atoms with Gasteiger partial charge in [-0.2, -0.15) is 0 Å². The van der Waals surface area contributed by atoms with E-state index in [2.05, 4.69) is 31.2 Å². The number of hydrogen-bond donors (Lipinski definition) is 0. The molecule has 56 valence electrons. The molecule has 0 atom stereocenters. The van der Waals surface area contributed by atoms with Crippen LogP contribution in [0.25, 0.3) is 0 Å². The van der Waals surface area contributed by atoms with Crippen LogP contribution in [0, 0.1) is 0 Å². The lowest BCUT2D eigenvalue weighted by Gasteiger charge is -2.10. The summed E-state index contributed by atoms with van der Waals surface area (Å²) in [5.74, 6) is 0. The highest BCUT2D eigenvalue weighted by Gasteiger charge is 2.20. The summed E-state index contributed by atoms with van der Waals surface area (Å²) in [6.07, 6.45) is 0. The number of hydrogen-bond acceptors (Lipinski definition) is 2. The Balaban J connectivity index is 2.96. The molecule has 0 fully saturated rings. The van der Waals surface area contributed by atoms with E-state index in [0.717, 1.165) is 0 Å². The highest BCUT2D eigenvalue weighted by Crippen LogP contribution is 2.18. The summed E-state index contributed by atoms with van der Waals surface area (Å²) in [4.78, 5) is 0. The predicted octanol–water partition coefficient (Wildman–Crippen LogP) is 1.27. The largest absolute Gasteiger partial charge is 0.180 e. The first-order chi connectivity index (χ1) is 4.50. The Labute approximate surface area is 65.7 Å². The molecular formula is C7H13N2S+. The molecule has 0 aliphatic heterocycles. The Kier molecular flexibility index (Phi) is 1.77. The van der Waals surface area contributed by atoms with Crippen molar-refractivity contribution in [2.45, 2.75) is 26.2 Å².